The minimum absolute atomic E-state index is 0.390. The molecule has 0 atom stereocenters. The summed E-state index contributed by atoms with van der Waals surface area (Å²) in [7, 11) is 0. The van der Waals surface area contributed by atoms with Crippen molar-refractivity contribution >= 4 is 5.95 Å². The number of aryl methyl sites for hydroxylation is 2. The molecular weight excluding hydrogens is 240 g/mol. The van der Waals surface area contributed by atoms with Gasteiger partial charge in [-0.05, 0) is 25.8 Å². The summed E-state index contributed by atoms with van der Waals surface area (Å²) in [6.45, 7) is 9.73. The van der Waals surface area contributed by atoms with E-state index in [1.807, 2.05) is 17.6 Å². The van der Waals surface area contributed by atoms with Crippen molar-refractivity contribution in [3.63, 3.8) is 0 Å². The van der Waals surface area contributed by atoms with Crippen molar-refractivity contribution in [2.45, 2.75) is 46.7 Å². The molecule has 0 aliphatic heterocycles. The maximum Gasteiger partial charge on any atom is 0.223 e. The molecular formula is C13H20N6. The number of nitrogens with zero attached hydrogens (tertiary/aromatic N) is 5. The first kappa shape index (κ1) is 13.5. The largest absolute Gasteiger partial charge is 0.347 e. The van der Waals surface area contributed by atoms with Crippen molar-refractivity contribution in [1.82, 2.24) is 24.7 Å². The summed E-state index contributed by atoms with van der Waals surface area (Å²) in [6, 6.07) is 2.02. The van der Waals surface area contributed by atoms with Gasteiger partial charge in [-0.25, -0.2) is 9.97 Å². The van der Waals surface area contributed by atoms with Crippen LogP contribution in [0.5, 0.6) is 0 Å². The van der Waals surface area contributed by atoms with Gasteiger partial charge in [-0.3, -0.25) is 0 Å². The molecule has 0 amide bonds. The molecule has 0 radical (unpaired) electrons. The van der Waals surface area contributed by atoms with Gasteiger partial charge in [0.25, 0.3) is 0 Å². The van der Waals surface area contributed by atoms with E-state index < -0.39 is 0 Å². The topological polar surface area (TPSA) is 68.5 Å². The molecule has 0 aromatic carbocycles. The lowest BCUT2D eigenvalue weighted by Crippen LogP contribution is -2.11. The first-order valence-electron chi connectivity index (χ1n) is 6.56. The van der Waals surface area contributed by atoms with Crippen LogP contribution in [0.15, 0.2) is 12.4 Å². The number of rotatable bonds is 5. The lowest BCUT2D eigenvalue weighted by molar-refractivity contribution is 0.705. The maximum absolute atomic E-state index is 4.51. The molecule has 19 heavy (non-hydrogen) atoms. The monoisotopic (exact) mass is 260 g/mol. The zero-order valence-corrected chi connectivity index (χ0v) is 11.9. The normalized spacial score (nSPS) is 11.0. The smallest absolute Gasteiger partial charge is 0.223 e. The van der Waals surface area contributed by atoms with Crippen molar-refractivity contribution in [3.8, 4) is 0 Å². The molecule has 2 heterocycles. The van der Waals surface area contributed by atoms with Gasteiger partial charge in [-0.1, -0.05) is 13.8 Å². The van der Waals surface area contributed by atoms with Gasteiger partial charge in [0.1, 0.15) is 6.33 Å². The average Bonchev–Trinajstić information content (AvgIpc) is 2.83. The Balaban J connectivity index is 2.11. The van der Waals surface area contributed by atoms with Crippen molar-refractivity contribution in [2.75, 3.05) is 5.32 Å². The van der Waals surface area contributed by atoms with Gasteiger partial charge >= 0.3 is 0 Å². The summed E-state index contributed by atoms with van der Waals surface area (Å²) in [5.41, 5.74) is 2.02. The lowest BCUT2D eigenvalue weighted by Gasteiger charge is -2.10. The number of anilines is 1. The number of hydrogen-bond acceptors (Lipinski definition) is 5. The molecule has 6 nitrogen and oxygen atoms in total. The number of hydrogen-bond donors (Lipinski definition) is 1. The second-order valence-corrected chi connectivity index (χ2v) is 4.80. The Bertz CT molecular complexity index is 546. The van der Waals surface area contributed by atoms with E-state index in [4.69, 9.17) is 0 Å². The molecule has 0 spiro atoms. The molecule has 0 aliphatic rings. The van der Waals surface area contributed by atoms with Crippen LogP contribution < -0.4 is 5.32 Å². The van der Waals surface area contributed by atoms with Gasteiger partial charge in [-0.15, -0.1) is 10.2 Å². The minimum atomic E-state index is 0.390. The highest BCUT2D eigenvalue weighted by Gasteiger charge is 2.07. The van der Waals surface area contributed by atoms with Crippen LogP contribution in [0.2, 0.25) is 0 Å². The molecule has 0 fully saturated rings. The molecule has 102 valence electrons. The van der Waals surface area contributed by atoms with Gasteiger partial charge in [0.15, 0.2) is 5.82 Å². The van der Waals surface area contributed by atoms with Crippen LogP contribution in [0.4, 0.5) is 5.95 Å². The highest BCUT2D eigenvalue weighted by molar-refractivity contribution is 5.29. The average molecular weight is 260 g/mol. The van der Waals surface area contributed by atoms with Crippen molar-refractivity contribution < 1.29 is 0 Å². The van der Waals surface area contributed by atoms with E-state index in [9.17, 15) is 0 Å². The van der Waals surface area contributed by atoms with E-state index >= 15 is 0 Å². The Labute approximate surface area is 113 Å². The minimum Gasteiger partial charge on any atom is -0.347 e. The summed E-state index contributed by atoms with van der Waals surface area (Å²) in [5.74, 6) is 1.93. The van der Waals surface area contributed by atoms with E-state index in [1.54, 1.807) is 6.33 Å². The fourth-order valence-corrected chi connectivity index (χ4v) is 1.81. The second kappa shape index (κ2) is 5.77. The Morgan fingerprint density at radius 1 is 1.32 bits per heavy atom. The summed E-state index contributed by atoms with van der Waals surface area (Å²) in [6.07, 6.45) is 1.73. The van der Waals surface area contributed by atoms with E-state index in [-0.39, 0.29) is 0 Å². The molecule has 0 saturated heterocycles. The summed E-state index contributed by atoms with van der Waals surface area (Å²) < 4.78 is 1.99. The molecule has 0 unspecified atom stereocenters. The molecule has 0 saturated carbocycles. The first-order chi connectivity index (χ1) is 9.10. The highest BCUT2D eigenvalue weighted by Crippen LogP contribution is 2.14. The molecule has 0 aliphatic carbocycles. The third-order valence-corrected chi connectivity index (χ3v) is 2.91. The van der Waals surface area contributed by atoms with Gasteiger partial charge in [0.2, 0.25) is 5.95 Å². The Hall–Kier alpha value is -1.98. The van der Waals surface area contributed by atoms with Crippen molar-refractivity contribution in [3.05, 3.63) is 29.6 Å². The maximum atomic E-state index is 4.51. The predicted molar refractivity (Wildman–Crippen MR) is 73.9 cm³/mol. The summed E-state index contributed by atoms with van der Waals surface area (Å²) in [5, 5.41) is 11.2. The fourth-order valence-electron chi connectivity index (χ4n) is 1.81. The van der Waals surface area contributed by atoms with Crippen LogP contribution in [-0.2, 0) is 13.1 Å². The Morgan fingerprint density at radius 3 is 2.79 bits per heavy atom. The molecule has 2 rings (SSSR count). The lowest BCUT2D eigenvalue weighted by atomic mass is 10.1. The standard InChI is InChI=1S/C13H20N6/c1-5-19-8-15-18-12(19)7-14-13-16-10(4)6-11(17-13)9(2)3/h6,8-9H,5,7H2,1-4H3,(H,14,16,17). The van der Waals surface area contributed by atoms with Gasteiger partial charge in [-0.2, -0.15) is 0 Å². The van der Waals surface area contributed by atoms with Crippen LogP contribution in [0.1, 0.15) is 43.9 Å². The first-order valence-corrected chi connectivity index (χ1v) is 6.56. The third-order valence-electron chi connectivity index (χ3n) is 2.91. The third kappa shape index (κ3) is 3.27. The molecule has 1 N–H and O–H groups in total. The fraction of sp³-hybridized carbons (Fsp3) is 0.538. The second-order valence-electron chi connectivity index (χ2n) is 4.80. The zero-order valence-electron chi connectivity index (χ0n) is 11.9. The van der Waals surface area contributed by atoms with Crippen LogP contribution in [0.25, 0.3) is 0 Å². The van der Waals surface area contributed by atoms with Gasteiger partial charge < -0.3 is 9.88 Å². The SMILES string of the molecule is CCn1cnnc1CNc1nc(C)cc(C(C)C)n1. The summed E-state index contributed by atoms with van der Waals surface area (Å²) >= 11 is 0. The Kier molecular flexibility index (Phi) is 4.09. The molecule has 0 bridgehead atoms. The van der Waals surface area contributed by atoms with Crippen molar-refractivity contribution in [1.29, 1.82) is 0 Å². The molecule has 6 heteroatoms. The number of nitrogens with one attached hydrogen (secondary N) is 1. The van der Waals surface area contributed by atoms with E-state index in [0.717, 1.165) is 23.8 Å². The van der Waals surface area contributed by atoms with E-state index in [1.165, 1.54) is 0 Å². The van der Waals surface area contributed by atoms with Crippen LogP contribution in [0.3, 0.4) is 0 Å². The quantitative estimate of drug-likeness (QED) is 0.892. The van der Waals surface area contributed by atoms with E-state index in [0.29, 0.717) is 18.4 Å². The van der Waals surface area contributed by atoms with Crippen LogP contribution in [-0.4, -0.2) is 24.7 Å². The van der Waals surface area contributed by atoms with Crippen LogP contribution >= 0.6 is 0 Å². The van der Waals surface area contributed by atoms with Gasteiger partial charge in [0.05, 0.1) is 6.54 Å². The zero-order chi connectivity index (χ0) is 13.8. The molecule has 2 aromatic rings. The number of aromatic nitrogens is 5. The summed E-state index contributed by atoms with van der Waals surface area (Å²) in [4.78, 5) is 8.90. The Morgan fingerprint density at radius 2 is 2.11 bits per heavy atom. The molecule has 2 aromatic heterocycles. The highest BCUT2D eigenvalue weighted by atomic mass is 15.3. The van der Waals surface area contributed by atoms with Gasteiger partial charge in [0, 0.05) is 17.9 Å². The van der Waals surface area contributed by atoms with Crippen molar-refractivity contribution in [2.24, 2.45) is 0 Å². The van der Waals surface area contributed by atoms with Crippen LogP contribution in [0, 0.1) is 6.92 Å². The van der Waals surface area contributed by atoms with E-state index in [2.05, 4.69) is 46.3 Å². The predicted octanol–water partition coefficient (Wildman–Crippen LogP) is 2.13.